The zero-order chi connectivity index (χ0) is 21.6. The number of nitriles is 1. The summed E-state index contributed by atoms with van der Waals surface area (Å²) in [5.74, 6) is 0.140. The van der Waals surface area contributed by atoms with Crippen LogP contribution in [0.15, 0.2) is 66.7 Å². The number of ether oxygens (including phenoxy) is 1. The second-order valence-electron chi connectivity index (χ2n) is 8.05. The lowest BCUT2D eigenvalue weighted by Gasteiger charge is -2.37. The molecule has 158 valence electrons. The fourth-order valence-electron chi connectivity index (χ4n) is 4.30. The summed E-state index contributed by atoms with van der Waals surface area (Å²) in [5.41, 5.74) is 3.38. The quantitative estimate of drug-likeness (QED) is 0.590. The van der Waals surface area contributed by atoms with Crippen LogP contribution in [0.3, 0.4) is 0 Å². The predicted molar refractivity (Wildman–Crippen MR) is 120 cm³/mol. The first-order chi connectivity index (χ1) is 15.1. The van der Waals surface area contributed by atoms with E-state index in [1.165, 1.54) is 15.7 Å². The fraction of sp³-hybridized carbons (Fsp3) is 0.308. The van der Waals surface area contributed by atoms with Crippen molar-refractivity contribution < 1.29 is 14.6 Å². The summed E-state index contributed by atoms with van der Waals surface area (Å²) in [7, 11) is 0. The Hall–Kier alpha value is -3.36. The monoisotopic (exact) mass is 414 g/mol. The van der Waals surface area contributed by atoms with Gasteiger partial charge >= 0.3 is 6.09 Å². The van der Waals surface area contributed by atoms with Gasteiger partial charge in [-0.05, 0) is 46.4 Å². The average molecular weight is 415 g/mol. The maximum atomic E-state index is 11.6. The van der Waals surface area contributed by atoms with Crippen LogP contribution in [0.2, 0.25) is 0 Å². The van der Waals surface area contributed by atoms with Gasteiger partial charge in [-0.1, -0.05) is 60.7 Å². The summed E-state index contributed by atoms with van der Waals surface area (Å²) in [6, 6.07) is 25.0. The molecule has 0 bridgehead atoms. The summed E-state index contributed by atoms with van der Waals surface area (Å²) in [6.07, 6.45) is 0.877. The van der Waals surface area contributed by atoms with Crippen molar-refractivity contribution in [3.8, 4) is 6.07 Å². The van der Waals surface area contributed by atoms with Gasteiger partial charge in [0.15, 0.2) is 0 Å². The Morgan fingerprint density at radius 2 is 1.81 bits per heavy atom. The minimum atomic E-state index is -0.899. The van der Waals surface area contributed by atoms with Crippen molar-refractivity contribution in [1.82, 2.24) is 4.90 Å². The molecule has 1 fully saturated rings. The number of carboxylic acid groups (broad SMARTS) is 1. The van der Waals surface area contributed by atoms with Crippen molar-refractivity contribution in [3.63, 3.8) is 0 Å². The zero-order valence-corrected chi connectivity index (χ0v) is 17.4. The normalized spacial score (nSPS) is 18.6. The molecule has 0 aromatic heterocycles. The van der Waals surface area contributed by atoms with Gasteiger partial charge in [0.25, 0.3) is 0 Å². The first-order valence-electron chi connectivity index (χ1n) is 10.7. The first kappa shape index (κ1) is 20.9. The van der Waals surface area contributed by atoms with Crippen LogP contribution in [0.4, 0.5) is 4.79 Å². The molecule has 1 aliphatic rings. The Bertz CT molecular complexity index is 1090. The van der Waals surface area contributed by atoms with Gasteiger partial charge in [-0.15, -0.1) is 0 Å². The maximum Gasteiger partial charge on any atom is 0.407 e. The molecule has 5 heteroatoms. The number of aryl methyl sites for hydroxylation is 1. The number of hydrogen-bond donors (Lipinski definition) is 1. The van der Waals surface area contributed by atoms with E-state index in [9.17, 15) is 9.90 Å². The van der Waals surface area contributed by atoms with E-state index in [-0.39, 0.29) is 12.0 Å². The summed E-state index contributed by atoms with van der Waals surface area (Å²) < 4.78 is 6.31. The van der Waals surface area contributed by atoms with Crippen LogP contribution in [0.25, 0.3) is 10.8 Å². The highest BCUT2D eigenvalue weighted by molar-refractivity contribution is 5.82. The molecule has 1 N–H and O–H groups in total. The Kier molecular flexibility index (Phi) is 6.49. The molecule has 0 radical (unpaired) electrons. The van der Waals surface area contributed by atoms with Crippen molar-refractivity contribution >= 4 is 16.9 Å². The van der Waals surface area contributed by atoms with Gasteiger partial charge in [0.2, 0.25) is 0 Å². The van der Waals surface area contributed by atoms with Crippen LogP contribution in [0.1, 0.15) is 35.4 Å². The van der Waals surface area contributed by atoms with E-state index in [1.807, 2.05) is 12.1 Å². The van der Waals surface area contributed by atoms with E-state index in [2.05, 4.69) is 60.7 Å². The Morgan fingerprint density at radius 3 is 2.55 bits per heavy atom. The standard InChI is InChI=1S/C26H26N2O3/c27-14-3-4-19-7-11-22(12-8-19)24-13-15-28(26(29)30)17-25(24)31-18-20-9-10-21-5-1-2-6-23(21)16-20/h1-2,5-12,16,24-25H,3-4,13,15,17-18H2,(H,29,30). The lowest BCUT2D eigenvalue weighted by molar-refractivity contribution is -0.0199. The number of nitrogens with zero attached hydrogens (tertiary/aromatic N) is 2. The average Bonchev–Trinajstić information content (AvgIpc) is 2.81. The van der Waals surface area contributed by atoms with Gasteiger partial charge in [-0.2, -0.15) is 5.26 Å². The van der Waals surface area contributed by atoms with Gasteiger partial charge in [0.05, 0.1) is 25.3 Å². The van der Waals surface area contributed by atoms with E-state index in [0.717, 1.165) is 29.5 Å². The molecule has 0 aliphatic carbocycles. The largest absolute Gasteiger partial charge is 0.465 e. The van der Waals surface area contributed by atoms with Crippen LogP contribution in [0, 0.1) is 11.3 Å². The molecule has 0 spiro atoms. The number of benzene rings is 3. The van der Waals surface area contributed by atoms with Crippen molar-refractivity contribution in [1.29, 1.82) is 5.26 Å². The molecule has 3 aromatic rings. The minimum absolute atomic E-state index is 0.140. The Labute approximate surface area is 182 Å². The van der Waals surface area contributed by atoms with Crippen molar-refractivity contribution in [3.05, 3.63) is 83.4 Å². The fourth-order valence-corrected chi connectivity index (χ4v) is 4.30. The van der Waals surface area contributed by atoms with E-state index >= 15 is 0 Å². The van der Waals surface area contributed by atoms with Crippen molar-refractivity contribution in [2.75, 3.05) is 13.1 Å². The molecule has 31 heavy (non-hydrogen) atoms. The topological polar surface area (TPSA) is 73.6 Å². The zero-order valence-electron chi connectivity index (χ0n) is 17.4. The van der Waals surface area contributed by atoms with E-state index in [1.54, 1.807) is 0 Å². The smallest absolute Gasteiger partial charge is 0.407 e. The van der Waals surface area contributed by atoms with E-state index < -0.39 is 6.09 Å². The molecule has 1 heterocycles. The third-order valence-electron chi connectivity index (χ3n) is 6.04. The van der Waals surface area contributed by atoms with Crippen LogP contribution in [-0.2, 0) is 17.8 Å². The van der Waals surface area contributed by atoms with Crippen LogP contribution >= 0.6 is 0 Å². The minimum Gasteiger partial charge on any atom is -0.465 e. The molecule has 3 aromatic carbocycles. The number of fused-ring (bicyclic) bond motifs is 1. The number of rotatable bonds is 6. The number of piperidine rings is 1. The third-order valence-corrected chi connectivity index (χ3v) is 6.04. The van der Waals surface area contributed by atoms with Gasteiger partial charge < -0.3 is 14.7 Å². The summed E-state index contributed by atoms with van der Waals surface area (Å²) in [5, 5.41) is 20.6. The lowest BCUT2D eigenvalue weighted by Crippen LogP contribution is -2.46. The summed E-state index contributed by atoms with van der Waals surface area (Å²) in [6.45, 7) is 1.31. The molecule has 1 amide bonds. The predicted octanol–water partition coefficient (Wildman–Crippen LogP) is 5.35. The molecule has 1 aliphatic heterocycles. The molecular weight excluding hydrogens is 388 g/mol. The van der Waals surface area contributed by atoms with Crippen molar-refractivity contribution in [2.24, 2.45) is 0 Å². The van der Waals surface area contributed by atoms with Crippen LogP contribution in [0.5, 0.6) is 0 Å². The molecule has 4 rings (SSSR count). The molecule has 5 nitrogen and oxygen atoms in total. The Morgan fingerprint density at radius 1 is 1.06 bits per heavy atom. The molecule has 1 saturated heterocycles. The van der Waals surface area contributed by atoms with Crippen LogP contribution in [-0.4, -0.2) is 35.3 Å². The number of likely N-dealkylation sites (tertiary alicyclic amines) is 1. The second-order valence-corrected chi connectivity index (χ2v) is 8.05. The van der Waals surface area contributed by atoms with Crippen molar-refractivity contribution in [2.45, 2.75) is 37.9 Å². The van der Waals surface area contributed by atoms with Gasteiger partial charge in [0, 0.05) is 18.9 Å². The number of hydrogen-bond acceptors (Lipinski definition) is 3. The molecule has 2 atom stereocenters. The number of carbonyl (C=O) groups is 1. The van der Waals surface area contributed by atoms with Crippen LogP contribution < -0.4 is 0 Å². The van der Waals surface area contributed by atoms with E-state index in [0.29, 0.717) is 26.1 Å². The SMILES string of the molecule is N#CCCc1ccc(C2CCN(C(=O)O)CC2OCc2ccc3ccccc3c2)cc1. The highest BCUT2D eigenvalue weighted by atomic mass is 16.5. The van der Waals surface area contributed by atoms with Gasteiger partial charge in [-0.3, -0.25) is 0 Å². The van der Waals surface area contributed by atoms with Gasteiger partial charge in [0.1, 0.15) is 0 Å². The summed E-state index contributed by atoms with van der Waals surface area (Å²) >= 11 is 0. The lowest BCUT2D eigenvalue weighted by atomic mass is 9.86. The molecular formula is C26H26N2O3. The Balaban J connectivity index is 1.50. The van der Waals surface area contributed by atoms with Gasteiger partial charge in [-0.25, -0.2) is 4.79 Å². The van der Waals surface area contributed by atoms with E-state index in [4.69, 9.17) is 10.00 Å². The maximum absolute atomic E-state index is 11.6. The number of amides is 1. The third kappa shape index (κ3) is 5.04. The molecule has 0 saturated carbocycles. The molecule has 2 unspecified atom stereocenters. The highest BCUT2D eigenvalue weighted by Gasteiger charge is 2.33. The summed E-state index contributed by atoms with van der Waals surface area (Å²) in [4.78, 5) is 13.0. The highest BCUT2D eigenvalue weighted by Crippen LogP contribution is 2.32. The first-order valence-corrected chi connectivity index (χ1v) is 10.7. The second kappa shape index (κ2) is 9.63.